The molecular weight excluding hydrogens is 334 g/mol. The van der Waals surface area contributed by atoms with Gasteiger partial charge in [-0.15, -0.1) is 0 Å². The molecule has 148 valence electrons. The van der Waals surface area contributed by atoms with Crippen LogP contribution in [0.25, 0.3) is 0 Å². The van der Waals surface area contributed by atoms with Gasteiger partial charge in [0.15, 0.2) is 0 Å². The lowest BCUT2D eigenvalue weighted by Crippen LogP contribution is -2.53. The van der Waals surface area contributed by atoms with Crippen molar-refractivity contribution in [2.24, 2.45) is 5.92 Å². The molecule has 0 spiro atoms. The van der Waals surface area contributed by atoms with Crippen LogP contribution in [0.5, 0.6) is 0 Å². The van der Waals surface area contributed by atoms with Crippen LogP contribution >= 0.6 is 0 Å². The zero-order valence-corrected chi connectivity index (χ0v) is 16.2. The monoisotopic (exact) mass is 367 g/mol. The van der Waals surface area contributed by atoms with Gasteiger partial charge in [0.1, 0.15) is 0 Å². The van der Waals surface area contributed by atoms with Crippen LogP contribution in [-0.2, 0) is 14.3 Å². The zero-order chi connectivity index (χ0) is 18.5. The molecule has 3 heterocycles. The van der Waals surface area contributed by atoms with E-state index in [2.05, 4.69) is 4.90 Å². The minimum absolute atomic E-state index is 0.0747. The molecule has 7 heteroatoms. The Labute approximate surface area is 156 Å². The van der Waals surface area contributed by atoms with Crippen LogP contribution in [0.15, 0.2) is 0 Å². The summed E-state index contributed by atoms with van der Waals surface area (Å²) in [7, 11) is 0. The number of rotatable bonds is 3. The van der Waals surface area contributed by atoms with Gasteiger partial charge < -0.3 is 19.3 Å². The molecule has 3 aliphatic heterocycles. The fourth-order valence-electron chi connectivity index (χ4n) is 4.27. The zero-order valence-electron chi connectivity index (χ0n) is 16.2. The van der Waals surface area contributed by atoms with Gasteiger partial charge in [-0.25, -0.2) is 4.79 Å². The van der Waals surface area contributed by atoms with Crippen molar-refractivity contribution >= 4 is 12.0 Å². The summed E-state index contributed by atoms with van der Waals surface area (Å²) in [5, 5.41) is 0. The standard InChI is InChI=1S/C19H33N3O4/c1-15(2)26-19(24)21-8-5-17(6-9-21)22-7-3-4-16(14-22)18(23)20-10-12-25-13-11-20/h15-17H,3-14H2,1-2H3. The SMILES string of the molecule is CC(C)OC(=O)N1CCC(N2CCCC(C(=O)N3CCOCC3)C2)CC1. The Morgan fingerprint density at radius 2 is 1.65 bits per heavy atom. The number of carbonyl (C=O) groups is 2. The van der Waals surface area contributed by atoms with Gasteiger partial charge in [-0.2, -0.15) is 0 Å². The number of piperidine rings is 2. The number of amides is 2. The van der Waals surface area contributed by atoms with Crippen molar-refractivity contribution in [3.63, 3.8) is 0 Å². The van der Waals surface area contributed by atoms with E-state index < -0.39 is 0 Å². The quantitative estimate of drug-likeness (QED) is 0.758. The maximum atomic E-state index is 12.8. The first kappa shape index (κ1) is 19.4. The largest absolute Gasteiger partial charge is 0.447 e. The summed E-state index contributed by atoms with van der Waals surface area (Å²) in [6.07, 6.45) is 3.73. The highest BCUT2D eigenvalue weighted by molar-refractivity contribution is 5.79. The molecule has 0 aliphatic carbocycles. The fraction of sp³-hybridized carbons (Fsp3) is 0.895. The third kappa shape index (κ3) is 4.88. The molecule has 0 bridgehead atoms. The molecule has 0 aromatic rings. The molecule has 0 saturated carbocycles. The van der Waals surface area contributed by atoms with Crippen molar-refractivity contribution in [1.29, 1.82) is 0 Å². The molecular formula is C19H33N3O4. The molecule has 3 rings (SSSR count). The van der Waals surface area contributed by atoms with E-state index in [-0.39, 0.29) is 18.1 Å². The van der Waals surface area contributed by atoms with Crippen molar-refractivity contribution in [1.82, 2.24) is 14.7 Å². The van der Waals surface area contributed by atoms with Gasteiger partial charge in [-0.3, -0.25) is 9.69 Å². The number of nitrogens with zero attached hydrogens (tertiary/aromatic N) is 3. The molecule has 2 amide bonds. The summed E-state index contributed by atoms with van der Waals surface area (Å²) < 4.78 is 10.7. The van der Waals surface area contributed by atoms with Crippen molar-refractivity contribution in [2.75, 3.05) is 52.5 Å². The van der Waals surface area contributed by atoms with Gasteiger partial charge in [0, 0.05) is 38.8 Å². The Bertz CT molecular complexity index is 485. The highest BCUT2D eigenvalue weighted by Gasteiger charge is 2.34. The van der Waals surface area contributed by atoms with Crippen molar-refractivity contribution < 1.29 is 19.1 Å². The van der Waals surface area contributed by atoms with Gasteiger partial charge in [-0.1, -0.05) is 0 Å². The fourth-order valence-corrected chi connectivity index (χ4v) is 4.27. The Morgan fingerprint density at radius 1 is 0.962 bits per heavy atom. The summed E-state index contributed by atoms with van der Waals surface area (Å²) in [5.74, 6) is 0.418. The molecule has 3 fully saturated rings. The third-order valence-electron chi connectivity index (χ3n) is 5.70. The van der Waals surface area contributed by atoms with Crippen LogP contribution in [0, 0.1) is 5.92 Å². The maximum absolute atomic E-state index is 12.8. The van der Waals surface area contributed by atoms with E-state index in [1.165, 1.54) is 0 Å². The predicted molar refractivity (Wildman–Crippen MR) is 97.9 cm³/mol. The van der Waals surface area contributed by atoms with Crippen molar-refractivity contribution in [3.8, 4) is 0 Å². The normalized spacial score (nSPS) is 26.2. The topological polar surface area (TPSA) is 62.3 Å². The highest BCUT2D eigenvalue weighted by atomic mass is 16.6. The van der Waals surface area contributed by atoms with E-state index in [1.807, 2.05) is 23.6 Å². The lowest BCUT2D eigenvalue weighted by molar-refractivity contribution is -0.141. The first-order chi connectivity index (χ1) is 12.5. The van der Waals surface area contributed by atoms with Crippen LogP contribution in [0.1, 0.15) is 39.5 Å². The van der Waals surface area contributed by atoms with Gasteiger partial charge in [-0.05, 0) is 46.1 Å². The number of carbonyl (C=O) groups excluding carboxylic acids is 2. The highest BCUT2D eigenvalue weighted by Crippen LogP contribution is 2.25. The molecule has 0 radical (unpaired) electrons. The van der Waals surface area contributed by atoms with E-state index in [0.717, 1.165) is 65.0 Å². The minimum atomic E-state index is -0.197. The van der Waals surface area contributed by atoms with Crippen molar-refractivity contribution in [2.45, 2.75) is 51.7 Å². The van der Waals surface area contributed by atoms with Gasteiger partial charge in [0.05, 0.1) is 25.2 Å². The average Bonchev–Trinajstić information content (AvgIpc) is 2.68. The lowest BCUT2D eigenvalue weighted by atomic mass is 9.93. The second kappa shape index (κ2) is 9.04. The van der Waals surface area contributed by atoms with Crippen LogP contribution in [-0.4, -0.2) is 91.3 Å². The Hall–Kier alpha value is -1.34. The van der Waals surface area contributed by atoms with Crippen LogP contribution < -0.4 is 0 Å². The van der Waals surface area contributed by atoms with Crippen LogP contribution in [0.4, 0.5) is 4.79 Å². The van der Waals surface area contributed by atoms with Gasteiger partial charge in [0.2, 0.25) is 5.91 Å². The minimum Gasteiger partial charge on any atom is -0.447 e. The predicted octanol–water partition coefficient (Wildman–Crippen LogP) is 1.57. The molecule has 3 saturated heterocycles. The summed E-state index contributed by atoms with van der Waals surface area (Å²) in [5.41, 5.74) is 0. The number of likely N-dealkylation sites (tertiary alicyclic amines) is 2. The summed E-state index contributed by atoms with van der Waals surface area (Å²) >= 11 is 0. The molecule has 0 aromatic carbocycles. The summed E-state index contributed by atoms with van der Waals surface area (Å²) in [6.45, 7) is 9.94. The van der Waals surface area contributed by atoms with E-state index in [9.17, 15) is 9.59 Å². The molecule has 0 N–H and O–H groups in total. The van der Waals surface area contributed by atoms with Crippen LogP contribution in [0.2, 0.25) is 0 Å². The van der Waals surface area contributed by atoms with E-state index in [4.69, 9.17) is 9.47 Å². The van der Waals surface area contributed by atoms with Gasteiger partial charge in [0.25, 0.3) is 0 Å². The Balaban J connectivity index is 1.48. The summed E-state index contributed by atoms with van der Waals surface area (Å²) in [4.78, 5) is 31.1. The van der Waals surface area contributed by atoms with E-state index >= 15 is 0 Å². The molecule has 7 nitrogen and oxygen atoms in total. The lowest BCUT2D eigenvalue weighted by Gasteiger charge is -2.42. The first-order valence-electron chi connectivity index (χ1n) is 10.1. The molecule has 1 unspecified atom stereocenters. The Kier molecular flexibility index (Phi) is 6.75. The number of hydrogen-bond acceptors (Lipinski definition) is 5. The second-order valence-corrected chi connectivity index (χ2v) is 7.92. The third-order valence-corrected chi connectivity index (χ3v) is 5.70. The number of hydrogen-bond donors (Lipinski definition) is 0. The number of ether oxygens (including phenoxy) is 2. The molecule has 3 aliphatic rings. The van der Waals surface area contributed by atoms with E-state index in [1.54, 1.807) is 0 Å². The molecule has 1 atom stereocenters. The molecule has 26 heavy (non-hydrogen) atoms. The molecule has 0 aromatic heterocycles. The van der Waals surface area contributed by atoms with Crippen LogP contribution in [0.3, 0.4) is 0 Å². The second-order valence-electron chi connectivity index (χ2n) is 7.92. The summed E-state index contributed by atoms with van der Waals surface area (Å²) in [6, 6.07) is 0.471. The average molecular weight is 367 g/mol. The van der Waals surface area contributed by atoms with E-state index in [0.29, 0.717) is 25.2 Å². The smallest absolute Gasteiger partial charge is 0.410 e. The Morgan fingerprint density at radius 3 is 2.31 bits per heavy atom. The maximum Gasteiger partial charge on any atom is 0.410 e. The first-order valence-corrected chi connectivity index (χ1v) is 10.1. The number of morpholine rings is 1. The van der Waals surface area contributed by atoms with Crippen molar-refractivity contribution in [3.05, 3.63) is 0 Å². The van der Waals surface area contributed by atoms with Gasteiger partial charge >= 0.3 is 6.09 Å².